The summed E-state index contributed by atoms with van der Waals surface area (Å²) in [6.45, 7) is 0. The Morgan fingerprint density at radius 1 is 0.306 bits per heavy atom. The SMILES string of the molecule is c1ccc(-c2ccccc2-c2nc(-c3ccc(-c4ccc5c(c4)oc4ccccc45)cc3)cc(-c3ccc4c(c3)C(c3ccccc3)(c3ccccc3)c3ccccc3-4)n2)cc1. The number of hydrogen-bond acceptors (Lipinski definition) is 3. The minimum absolute atomic E-state index is 0.524. The smallest absolute Gasteiger partial charge is 0.161 e. The maximum Gasteiger partial charge on any atom is 0.161 e. The maximum absolute atomic E-state index is 6.25. The van der Waals surface area contributed by atoms with E-state index in [0.717, 1.165) is 72.3 Å². The van der Waals surface area contributed by atoms with E-state index >= 15 is 0 Å². The van der Waals surface area contributed by atoms with E-state index in [9.17, 15) is 0 Å². The van der Waals surface area contributed by atoms with Crippen LogP contribution in [0, 0.1) is 0 Å². The molecule has 62 heavy (non-hydrogen) atoms. The molecule has 12 rings (SSSR count). The predicted molar refractivity (Wildman–Crippen MR) is 254 cm³/mol. The Bertz CT molecular complexity index is 3400. The molecule has 0 saturated carbocycles. The highest BCUT2D eigenvalue weighted by Gasteiger charge is 2.46. The van der Waals surface area contributed by atoms with Crippen molar-refractivity contribution >= 4 is 21.9 Å². The predicted octanol–water partition coefficient (Wildman–Crippen LogP) is 15.1. The fourth-order valence-electron chi connectivity index (χ4n) is 9.75. The van der Waals surface area contributed by atoms with Crippen molar-refractivity contribution in [3.8, 4) is 67.3 Å². The van der Waals surface area contributed by atoms with Crippen LogP contribution in [0.3, 0.4) is 0 Å². The Hall–Kier alpha value is -8.14. The molecule has 0 radical (unpaired) electrons. The first kappa shape index (κ1) is 35.8. The van der Waals surface area contributed by atoms with Gasteiger partial charge < -0.3 is 4.42 Å². The van der Waals surface area contributed by atoms with Gasteiger partial charge in [0, 0.05) is 27.5 Å². The fraction of sp³-hybridized carbons (Fsp3) is 0.0169. The van der Waals surface area contributed by atoms with Crippen molar-refractivity contribution in [1.82, 2.24) is 9.97 Å². The normalized spacial score (nSPS) is 12.6. The highest BCUT2D eigenvalue weighted by atomic mass is 16.3. The van der Waals surface area contributed by atoms with E-state index in [1.807, 2.05) is 12.1 Å². The molecule has 3 heteroatoms. The van der Waals surface area contributed by atoms with Crippen LogP contribution < -0.4 is 0 Å². The van der Waals surface area contributed by atoms with Gasteiger partial charge in [-0.25, -0.2) is 9.97 Å². The minimum atomic E-state index is -0.524. The van der Waals surface area contributed by atoms with E-state index in [4.69, 9.17) is 14.4 Å². The largest absolute Gasteiger partial charge is 0.456 e. The molecular formula is C59H38N2O. The molecule has 1 aliphatic carbocycles. The summed E-state index contributed by atoms with van der Waals surface area (Å²) >= 11 is 0. The zero-order chi connectivity index (χ0) is 41.0. The lowest BCUT2D eigenvalue weighted by Crippen LogP contribution is -2.28. The molecular weight excluding hydrogens is 753 g/mol. The second-order valence-electron chi connectivity index (χ2n) is 16.0. The van der Waals surface area contributed by atoms with Gasteiger partial charge in [0.15, 0.2) is 5.82 Å². The number of para-hydroxylation sites is 1. The first-order chi connectivity index (χ1) is 30.7. The first-order valence-corrected chi connectivity index (χ1v) is 21.1. The van der Waals surface area contributed by atoms with Crippen molar-refractivity contribution in [2.45, 2.75) is 5.41 Å². The van der Waals surface area contributed by atoms with Gasteiger partial charge in [0.2, 0.25) is 0 Å². The molecule has 0 atom stereocenters. The third-order valence-corrected chi connectivity index (χ3v) is 12.6. The molecule has 2 aromatic heterocycles. The van der Waals surface area contributed by atoms with Crippen LogP contribution >= 0.6 is 0 Å². The lowest BCUT2D eigenvalue weighted by atomic mass is 9.67. The number of furan rings is 1. The summed E-state index contributed by atoms with van der Waals surface area (Å²) in [5, 5.41) is 2.25. The van der Waals surface area contributed by atoms with Crippen LogP contribution in [-0.2, 0) is 5.41 Å². The number of aromatic nitrogens is 2. The minimum Gasteiger partial charge on any atom is -0.456 e. The molecule has 0 saturated heterocycles. The molecule has 3 nitrogen and oxygen atoms in total. The monoisotopic (exact) mass is 790 g/mol. The number of hydrogen-bond donors (Lipinski definition) is 0. The number of benzene rings is 9. The summed E-state index contributed by atoms with van der Waals surface area (Å²) < 4.78 is 6.25. The summed E-state index contributed by atoms with van der Waals surface area (Å²) in [6.07, 6.45) is 0. The van der Waals surface area contributed by atoms with Gasteiger partial charge in [-0.2, -0.15) is 0 Å². The summed E-state index contributed by atoms with van der Waals surface area (Å²) in [5.74, 6) is 0.678. The molecule has 0 unspecified atom stereocenters. The summed E-state index contributed by atoms with van der Waals surface area (Å²) in [4.78, 5) is 10.8. The topological polar surface area (TPSA) is 38.9 Å². The quantitative estimate of drug-likeness (QED) is 0.161. The van der Waals surface area contributed by atoms with Crippen LogP contribution in [0.2, 0.25) is 0 Å². The number of nitrogens with zero attached hydrogens (tertiary/aromatic N) is 2. The summed E-state index contributed by atoms with van der Waals surface area (Å²) in [6, 6.07) is 82.2. The van der Waals surface area contributed by atoms with E-state index in [0.29, 0.717) is 5.82 Å². The summed E-state index contributed by atoms with van der Waals surface area (Å²) in [5.41, 5.74) is 17.9. The maximum atomic E-state index is 6.25. The van der Waals surface area contributed by atoms with Crippen molar-refractivity contribution in [1.29, 1.82) is 0 Å². The molecule has 0 fully saturated rings. The average molecular weight is 791 g/mol. The fourth-order valence-corrected chi connectivity index (χ4v) is 9.75. The highest BCUT2D eigenvalue weighted by molar-refractivity contribution is 6.06. The van der Waals surface area contributed by atoms with E-state index in [1.54, 1.807) is 0 Å². The zero-order valence-corrected chi connectivity index (χ0v) is 33.7. The van der Waals surface area contributed by atoms with Crippen molar-refractivity contribution in [2.24, 2.45) is 0 Å². The Labute approximate surface area is 360 Å². The van der Waals surface area contributed by atoms with E-state index in [1.165, 1.54) is 33.4 Å². The van der Waals surface area contributed by atoms with Crippen LogP contribution in [0.15, 0.2) is 235 Å². The Morgan fingerprint density at radius 3 is 1.58 bits per heavy atom. The molecule has 2 heterocycles. The highest BCUT2D eigenvalue weighted by Crippen LogP contribution is 2.56. The van der Waals surface area contributed by atoms with Gasteiger partial charge in [-0.05, 0) is 86.0 Å². The van der Waals surface area contributed by atoms with Gasteiger partial charge in [0.25, 0.3) is 0 Å². The van der Waals surface area contributed by atoms with E-state index in [2.05, 4.69) is 218 Å². The third kappa shape index (κ3) is 5.74. The van der Waals surface area contributed by atoms with Gasteiger partial charge >= 0.3 is 0 Å². The van der Waals surface area contributed by atoms with Crippen LogP contribution in [0.4, 0.5) is 0 Å². The zero-order valence-electron chi connectivity index (χ0n) is 33.7. The molecule has 0 bridgehead atoms. The Balaban J connectivity index is 1.04. The number of rotatable bonds is 7. The Kier molecular flexibility index (Phi) is 8.39. The van der Waals surface area contributed by atoms with Crippen LogP contribution in [0.25, 0.3) is 89.2 Å². The standard InChI is InChI=1S/C59H38N2O/c1-4-16-40(17-5-1)46-22-10-11-25-51(46)58-60-54(41-30-28-39(29-31-41)42-32-35-50-49-24-13-15-27-56(49)62-57(50)37-42)38-55(61-58)43-33-34-48-47-23-12-14-26-52(47)59(53(48)36-43,44-18-6-2-7-19-44)45-20-8-3-9-21-45/h1-38H. The van der Waals surface area contributed by atoms with Crippen molar-refractivity contribution in [2.75, 3.05) is 0 Å². The molecule has 0 amide bonds. The molecule has 290 valence electrons. The Morgan fingerprint density at radius 2 is 0.839 bits per heavy atom. The molecule has 0 N–H and O–H groups in total. The van der Waals surface area contributed by atoms with Crippen LogP contribution in [0.1, 0.15) is 22.3 Å². The van der Waals surface area contributed by atoms with E-state index < -0.39 is 5.41 Å². The lowest BCUT2D eigenvalue weighted by molar-refractivity contribution is 0.669. The molecule has 9 aromatic carbocycles. The van der Waals surface area contributed by atoms with E-state index in [-0.39, 0.29) is 0 Å². The van der Waals surface area contributed by atoms with Gasteiger partial charge in [-0.15, -0.1) is 0 Å². The van der Waals surface area contributed by atoms with Crippen molar-refractivity contribution < 1.29 is 4.42 Å². The molecule has 1 aliphatic rings. The second kappa shape index (κ2) is 14.5. The van der Waals surface area contributed by atoms with Gasteiger partial charge in [0.1, 0.15) is 11.2 Å². The van der Waals surface area contributed by atoms with Gasteiger partial charge in [-0.3, -0.25) is 0 Å². The second-order valence-corrected chi connectivity index (χ2v) is 16.0. The average Bonchev–Trinajstić information content (AvgIpc) is 3.88. The van der Waals surface area contributed by atoms with Crippen LogP contribution in [0.5, 0.6) is 0 Å². The summed E-state index contributed by atoms with van der Waals surface area (Å²) in [7, 11) is 0. The lowest BCUT2D eigenvalue weighted by Gasteiger charge is -2.34. The number of fused-ring (bicyclic) bond motifs is 6. The van der Waals surface area contributed by atoms with Gasteiger partial charge in [0.05, 0.1) is 16.8 Å². The third-order valence-electron chi connectivity index (χ3n) is 12.6. The molecule has 11 aromatic rings. The molecule has 0 spiro atoms. The van der Waals surface area contributed by atoms with Crippen molar-refractivity contribution in [3.05, 3.63) is 253 Å². The first-order valence-electron chi connectivity index (χ1n) is 21.1. The van der Waals surface area contributed by atoms with Crippen LogP contribution in [-0.4, -0.2) is 9.97 Å². The van der Waals surface area contributed by atoms with Crippen molar-refractivity contribution in [3.63, 3.8) is 0 Å². The molecule has 0 aliphatic heterocycles. The van der Waals surface area contributed by atoms with Gasteiger partial charge in [-0.1, -0.05) is 200 Å².